The van der Waals surface area contributed by atoms with E-state index in [9.17, 15) is 10.1 Å². The minimum atomic E-state index is -0.484. The van der Waals surface area contributed by atoms with Gasteiger partial charge in [0.05, 0.1) is 14.2 Å². The normalized spacial score (nSPS) is 10.8. The monoisotopic (exact) mass is 379 g/mol. The molecule has 6 heteroatoms. The molecule has 0 spiro atoms. The molecule has 0 aliphatic rings. The van der Waals surface area contributed by atoms with Crippen molar-refractivity contribution in [1.29, 1.82) is 5.26 Å². The van der Waals surface area contributed by atoms with Gasteiger partial charge in [0.1, 0.15) is 23.1 Å². The Hall–Kier alpha value is -3.46. The Balaban J connectivity index is 2.27. The first-order valence-electron chi connectivity index (χ1n) is 9.06. The predicted molar refractivity (Wildman–Crippen MR) is 112 cm³/mol. The van der Waals surface area contributed by atoms with Crippen LogP contribution in [0.1, 0.15) is 19.4 Å². The highest BCUT2D eigenvalue weighted by atomic mass is 16.5. The Morgan fingerprint density at radius 1 is 1.11 bits per heavy atom. The van der Waals surface area contributed by atoms with E-state index >= 15 is 0 Å². The number of carbonyl (C=O) groups excluding carboxylic acids is 1. The van der Waals surface area contributed by atoms with E-state index in [4.69, 9.17) is 9.47 Å². The quantitative estimate of drug-likeness (QED) is 0.552. The second-order valence-corrected chi connectivity index (χ2v) is 5.95. The second-order valence-electron chi connectivity index (χ2n) is 5.95. The highest BCUT2D eigenvalue weighted by Gasteiger charge is 2.13. The summed E-state index contributed by atoms with van der Waals surface area (Å²) in [6.07, 6.45) is 1.53. The largest absolute Gasteiger partial charge is 0.497 e. The van der Waals surface area contributed by atoms with Crippen LogP contribution in [0.15, 0.2) is 48.0 Å². The number of hydrogen-bond acceptors (Lipinski definition) is 5. The van der Waals surface area contributed by atoms with Crippen molar-refractivity contribution in [2.24, 2.45) is 0 Å². The molecule has 6 nitrogen and oxygen atoms in total. The molecule has 146 valence electrons. The van der Waals surface area contributed by atoms with Crippen molar-refractivity contribution in [2.75, 3.05) is 37.5 Å². The lowest BCUT2D eigenvalue weighted by Gasteiger charge is -2.22. The molecule has 1 N–H and O–H groups in total. The van der Waals surface area contributed by atoms with E-state index in [-0.39, 0.29) is 5.57 Å². The van der Waals surface area contributed by atoms with E-state index in [0.29, 0.717) is 22.7 Å². The first-order valence-corrected chi connectivity index (χ1v) is 9.06. The third kappa shape index (κ3) is 5.04. The lowest BCUT2D eigenvalue weighted by Crippen LogP contribution is -2.21. The number of nitrogens with zero attached hydrogens (tertiary/aromatic N) is 2. The van der Waals surface area contributed by atoms with E-state index in [1.54, 1.807) is 38.5 Å². The van der Waals surface area contributed by atoms with Crippen LogP contribution in [0.5, 0.6) is 11.5 Å². The summed E-state index contributed by atoms with van der Waals surface area (Å²) in [7, 11) is 3.14. The maximum Gasteiger partial charge on any atom is 0.266 e. The summed E-state index contributed by atoms with van der Waals surface area (Å²) in [5, 5.41) is 12.2. The number of anilines is 2. The van der Waals surface area contributed by atoms with Crippen LogP contribution in [-0.2, 0) is 4.79 Å². The zero-order chi connectivity index (χ0) is 20.5. The van der Waals surface area contributed by atoms with Crippen LogP contribution in [0, 0.1) is 11.3 Å². The molecular weight excluding hydrogens is 354 g/mol. The number of nitrogens with one attached hydrogen (secondary N) is 1. The Bertz CT molecular complexity index is 879. The first-order chi connectivity index (χ1) is 13.6. The molecule has 0 aromatic heterocycles. The molecule has 0 aliphatic heterocycles. The third-order valence-corrected chi connectivity index (χ3v) is 4.36. The van der Waals surface area contributed by atoms with Gasteiger partial charge in [-0.15, -0.1) is 0 Å². The Kier molecular flexibility index (Phi) is 7.46. The number of methoxy groups -OCH3 is 2. The fourth-order valence-corrected chi connectivity index (χ4v) is 2.78. The number of carbonyl (C=O) groups is 1. The summed E-state index contributed by atoms with van der Waals surface area (Å²) >= 11 is 0. The molecule has 2 rings (SSSR count). The van der Waals surface area contributed by atoms with E-state index in [2.05, 4.69) is 24.1 Å². The molecule has 0 unspecified atom stereocenters. The van der Waals surface area contributed by atoms with Gasteiger partial charge in [0, 0.05) is 36.1 Å². The van der Waals surface area contributed by atoms with Crippen molar-refractivity contribution in [3.63, 3.8) is 0 Å². The van der Waals surface area contributed by atoms with Gasteiger partial charge >= 0.3 is 0 Å². The molecule has 0 aliphatic carbocycles. The molecule has 1 amide bonds. The number of rotatable bonds is 8. The minimum Gasteiger partial charge on any atom is -0.497 e. The van der Waals surface area contributed by atoms with Crippen molar-refractivity contribution >= 4 is 23.4 Å². The number of benzene rings is 2. The molecule has 2 aromatic rings. The second kappa shape index (κ2) is 10.0. The smallest absolute Gasteiger partial charge is 0.266 e. The Labute approximate surface area is 166 Å². The van der Waals surface area contributed by atoms with Gasteiger partial charge in [-0.2, -0.15) is 5.26 Å². The summed E-state index contributed by atoms with van der Waals surface area (Å²) < 4.78 is 10.6. The van der Waals surface area contributed by atoms with Gasteiger partial charge in [0.15, 0.2) is 0 Å². The molecule has 0 saturated heterocycles. The van der Waals surface area contributed by atoms with E-state index in [1.165, 1.54) is 6.08 Å². The molecule has 0 bridgehead atoms. The summed E-state index contributed by atoms with van der Waals surface area (Å²) in [6.45, 7) is 5.92. The fraction of sp³-hybridized carbons (Fsp3) is 0.273. The number of amides is 1. The summed E-state index contributed by atoms with van der Waals surface area (Å²) in [5.74, 6) is 0.809. The van der Waals surface area contributed by atoms with Crippen LogP contribution < -0.4 is 19.7 Å². The first kappa shape index (κ1) is 20.8. The highest BCUT2D eigenvalue weighted by molar-refractivity contribution is 6.09. The van der Waals surface area contributed by atoms with E-state index in [0.717, 1.165) is 18.8 Å². The zero-order valence-corrected chi connectivity index (χ0v) is 16.7. The van der Waals surface area contributed by atoms with Gasteiger partial charge in [-0.3, -0.25) is 4.79 Å². The molecule has 2 aromatic carbocycles. The van der Waals surface area contributed by atoms with Gasteiger partial charge in [0.25, 0.3) is 5.91 Å². The average molecular weight is 379 g/mol. The van der Waals surface area contributed by atoms with Gasteiger partial charge in [-0.25, -0.2) is 0 Å². The number of hydrogen-bond donors (Lipinski definition) is 1. The fourth-order valence-electron chi connectivity index (χ4n) is 2.78. The predicted octanol–water partition coefficient (Wildman–Crippen LogP) is 4.10. The van der Waals surface area contributed by atoms with Crippen LogP contribution in [-0.4, -0.2) is 33.2 Å². The standard InChI is InChI=1S/C22H25N3O3/c1-5-25(6-2)19-10-7-16(21(14-19)28-4)13-17(15-23)22(26)24-18-8-11-20(27-3)12-9-18/h7-14H,5-6H2,1-4H3,(H,24,26). The molecule has 0 fully saturated rings. The molecule has 0 saturated carbocycles. The molecule has 28 heavy (non-hydrogen) atoms. The number of ether oxygens (including phenoxy) is 2. The maximum atomic E-state index is 12.5. The summed E-state index contributed by atoms with van der Waals surface area (Å²) in [4.78, 5) is 14.7. The van der Waals surface area contributed by atoms with Crippen LogP contribution >= 0.6 is 0 Å². The lowest BCUT2D eigenvalue weighted by molar-refractivity contribution is -0.112. The van der Waals surface area contributed by atoms with Crippen molar-refractivity contribution in [3.05, 3.63) is 53.6 Å². The summed E-state index contributed by atoms with van der Waals surface area (Å²) in [6, 6.07) is 14.6. The lowest BCUT2D eigenvalue weighted by atomic mass is 10.1. The van der Waals surface area contributed by atoms with Crippen molar-refractivity contribution in [1.82, 2.24) is 0 Å². The van der Waals surface area contributed by atoms with Crippen LogP contribution in [0.2, 0.25) is 0 Å². The molecule has 0 atom stereocenters. The third-order valence-electron chi connectivity index (χ3n) is 4.36. The van der Waals surface area contributed by atoms with Gasteiger partial charge in [-0.1, -0.05) is 0 Å². The topological polar surface area (TPSA) is 74.6 Å². The van der Waals surface area contributed by atoms with Crippen molar-refractivity contribution in [2.45, 2.75) is 13.8 Å². The van der Waals surface area contributed by atoms with Crippen LogP contribution in [0.25, 0.3) is 6.08 Å². The highest BCUT2D eigenvalue weighted by Crippen LogP contribution is 2.28. The number of nitriles is 1. The van der Waals surface area contributed by atoms with Crippen molar-refractivity contribution in [3.8, 4) is 17.6 Å². The summed E-state index contributed by atoms with van der Waals surface area (Å²) in [5.41, 5.74) is 2.26. The van der Waals surface area contributed by atoms with Gasteiger partial charge in [0.2, 0.25) is 0 Å². The Morgan fingerprint density at radius 2 is 1.79 bits per heavy atom. The Morgan fingerprint density at radius 3 is 2.32 bits per heavy atom. The zero-order valence-electron chi connectivity index (χ0n) is 16.7. The maximum absolute atomic E-state index is 12.5. The minimum absolute atomic E-state index is 0.00953. The van der Waals surface area contributed by atoms with E-state index < -0.39 is 5.91 Å². The molecule has 0 radical (unpaired) electrons. The van der Waals surface area contributed by atoms with Crippen molar-refractivity contribution < 1.29 is 14.3 Å². The van der Waals surface area contributed by atoms with Crippen LogP contribution in [0.4, 0.5) is 11.4 Å². The van der Waals surface area contributed by atoms with Gasteiger partial charge < -0.3 is 19.7 Å². The molecular formula is C22H25N3O3. The average Bonchev–Trinajstić information content (AvgIpc) is 2.73. The van der Waals surface area contributed by atoms with Gasteiger partial charge in [-0.05, 0) is 56.3 Å². The van der Waals surface area contributed by atoms with E-state index in [1.807, 2.05) is 24.3 Å². The molecule has 0 heterocycles. The van der Waals surface area contributed by atoms with Crippen LogP contribution in [0.3, 0.4) is 0 Å². The SMILES string of the molecule is CCN(CC)c1ccc(C=C(C#N)C(=O)Nc2ccc(OC)cc2)c(OC)c1.